The van der Waals surface area contributed by atoms with E-state index in [1.807, 2.05) is 6.07 Å². The molecular formula is C15H11ClN6OS. The summed E-state index contributed by atoms with van der Waals surface area (Å²) in [6, 6.07) is 8.84. The highest BCUT2D eigenvalue weighted by atomic mass is 35.5. The predicted molar refractivity (Wildman–Crippen MR) is 91.3 cm³/mol. The Labute approximate surface area is 146 Å². The Balaban J connectivity index is 1.88. The van der Waals surface area contributed by atoms with Gasteiger partial charge >= 0.3 is 0 Å². The summed E-state index contributed by atoms with van der Waals surface area (Å²) in [5.41, 5.74) is 1.63. The van der Waals surface area contributed by atoms with E-state index in [2.05, 4.69) is 20.4 Å². The standard InChI is InChI=1S/C15H11ClN6OS/c1-9-12(13(23)19-11-4-2-10(16)3-5-11)8-18-14-20-15(21-22(9)14)24-7-6-17/h2-5,8H,7H2,1H3,(H,19,23). The lowest BCUT2D eigenvalue weighted by molar-refractivity contribution is 0.102. The van der Waals surface area contributed by atoms with Gasteiger partial charge in [-0.1, -0.05) is 23.4 Å². The van der Waals surface area contributed by atoms with Gasteiger partial charge in [-0.25, -0.2) is 4.98 Å². The number of nitrogens with zero attached hydrogens (tertiary/aromatic N) is 5. The van der Waals surface area contributed by atoms with Crippen molar-refractivity contribution in [1.29, 1.82) is 5.26 Å². The summed E-state index contributed by atoms with van der Waals surface area (Å²) in [4.78, 5) is 20.8. The first-order valence-electron chi connectivity index (χ1n) is 6.87. The number of fused-ring (bicyclic) bond motifs is 1. The van der Waals surface area contributed by atoms with Crippen LogP contribution in [-0.2, 0) is 0 Å². The van der Waals surface area contributed by atoms with Crippen LogP contribution in [0.5, 0.6) is 0 Å². The van der Waals surface area contributed by atoms with E-state index < -0.39 is 0 Å². The maximum atomic E-state index is 12.4. The lowest BCUT2D eigenvalue weighted by atomic mass is 10.2. The number of rotatable bonds is 4. The van der Waals surface area contributed by atoms with Crippen molar-refractivity contribution < 1.29 is 4.79 Å². The highest BCUT2D eigenvalue weighted by Crippen LogP contribution is 2.18. The minimum absolute atomic E-state index is 0.250. The monoisotopic (exact) mass is 358 g/mol. The molecule has 1 aromatic carbocycles. The fraction of sp³-hybridized carbons (Fsp3) is 0.133. The molecule has 0 unspecified atom stereocenters. The van der Waals surface area contributed by atoms with E-state index in [4.69, 9.17) is 16.9 Å². The van der Waals surface area contributed by atoms with Crippen LogP contribution in [0, 0.1) is 18.3 Å². The zero-order valence-electron chi connectivity index (χ0n) is 12.5. The molecule has 7 nitrogen and oxygen atoms in total. The van der Waals surface area contributed by atoms with Crippen LogP contribution in [0.2, 0.25) is 5.02 Å². The average Bonchev–Trinajstić information content (AvgIpc) is 2.99. The third-order valence-electron chi connectivity index (χ3n) is 3.20. The molecule has 0 aliphatic rings. The fourth-order valence-electron chi connectivity index (χ4n) is 2.04. The van der Waals surface area contributed by atoms with Crippen molar-refractivity contribution in [2.75, 3.05) is 11.1 Å². The van der Waals surface area contributed by atoms with Crippen LogP contribution >= 0.6 is 23.4 Å². The number of hydrogen-bond donors (Lipinski definition) is 1. The molecule has 0 radical (unpaired) electrons. The Hall–Kier alpha value is -2.63. The molecule has 1 amide bonds. The van der Waals surface area contributed by atoms with Crippen molar-refractivity contribution in [3.8, 4) is 6.07 Å². The summed E-state index contributed by atoms with van der Waals surface area (Å²) in [6.07, 6.45) is 1.46. The third kappa shape index (κ3) is 3.32. The summed E-state index contributed by atoms with van der Waals surface area (Å²) in [6.45, 7) is 1.76. The van der Waals surface area contributed by atoms with Crippen molar-refractivity contribution in [2.45, 2.75) is 12.1 Å². The minimum Gasteiger partial charge on any atom is -0.322 e. The van der Waals surface area contributed by atoms with Crippen molar-refractivity contribution in [3.05, 3.63) is 46.7 Å². The van der Waals surface area contributed by atoms with Crippen molar-refractivity contribution in [3.63, 3.8) is 0 Å². The van der Waals surface area contributed by atoms with Crippen LogP contribution < -0.4 is 5.32 Å². The summed E-state index contributed by atoms with van der Waals surface area (Å²) in [5, 5.41) is 16.7. The Morgan fingerprint density at radius 1 is 1.42 bits per heavy atom. The van der Waals surface area contributed by atoms with Gasteiger partial charge in [0.2, 0.25) is 5.16 Å². The van der Waals surface area contributed by atoms with E-state index >= 15 is 0 Å². The van der Waals surface area contributed by atoms with Crippen LogP contribution in [0.3, 0.4) is 0 Å². The molecule has 0 aliphatic carbocycles. The molecule has 3 rings (SSSR count). The highest BCUT2D eigenvalue weighted by Gasteiger charge is 2.15. The maximum absolute atomic E-state index is 12.4. The van der Waals surface area contributed by atoms with Crippen molar-refractivity contribution in [2.24, 2.45) is 0 Å². The van der Waals surface area contributed by atoms with E-state index in [-0.39, 0.29) is 11.7 Å². The van der Waals surface area contributed by atoms with Crippen LogP contribution in [0.25, 0.3) is 5.78 Å². The molecule has 0 spiro atoms. The minimum atomic E-state index is -0.300. The number of aryl methyl sites for hydroxylation is 1. The van der Waals surface area contributed by atoms with Crippen LogP contribution in [-0.4, -0.2) is 31.2 Å². The zero-order valence-corrected chi connectivity index (χ0v) is 14.1. The highest BCUT2D eigenvalue weighted by molar-refractivity contribution is 7.99. The number of nitriles is 1. The number of aromatic nitrogens is 4. The van der Waals surface area contributed by atoms with E-state index in [1.165, 1.54) is 22.5 Å². The molecule has 0 aliphatic heterocycles. The van der Waals surface area contributed by atoms with Gasteiger partial charge in [-0.15, -0.1) is 5.10 Å². The van der Waals surface area contributed by atoms with Crippen LogP contribution in [0.15, 0.2) is 35.6 Å². The van der Waals surface area contributed by atoms with E-state index in [0.717, 1.165) is 0 Å². The van der Waals surface area contributed by atoms with Gasteiger partial charge in [0.25, 0.3) is 11.7 Å². The zero-order chi connectivity index (χ0) is 17.1. The number of benzene rings is 1. The van der Waals surface area contributed by atoms with Gasteiger partial charge in [0, 0.05) is 16.9 Å². The molecule has 2 heterocycles. The smallest absolute Gasteiger partial charge is 0.259 e. The second-order valence-electron chi connectivity index (χ2n) is 4.77. The molecule has 2 aromatic heterocycles. The van der Waals surface area contributed by atoms with Gasteiger partial charge in [0.15, 0.2) is 0 Å². The molecule has 3 aromatic rings. The number of thioether (sulfide) groups is 1. The van der Waals surface area contributed by atoms with Crippen molar-refractivity contribution >= 4 is 40.7 Å². The lowest BCUT2D eigenvalue weighted by Gasteiger charge is -2.08. The number of amides is 1. The number of carbonyl (C=O) groups excluding carboxylic acids is 1. The average molecular weight is 359 g/mol. The molecule has 24 heavy (non-hydrogen) atoms. The number of hydrogen-bond acceptors (Lipinski definition) is 6. The summed E-state index contributed by atoms with van der Waals surface area (Å²) >= 11 is 7.05. The molecule has 1 N–H and O–H groups in total. The summed E-state index contributed by atoms with van der Waals surface area (Å²) in [7, 11) is 0. The predicted octanol–water partition coefficient (Wildman–Crippen LogP) is 2.95. The number of halogens is 1. The molecule has 0 saturated heterocycles. The van der Waals surface area contributed by atoms with E-state index in [1.54, 1.807) is 31.2 Å². The summed E-state index contributed by atoms with van der Waals surface area (Å²) in [5.74, 6) is 0.335. The maximum Gasteiger partial charge on any atom is 0.259 e. The lowest BCUT2D eigenvalue weighted by Crippen LogP contribution is -2.16. The molecule has 0 bridgehead atoms. The van der Waals surface area contributed by atoms with Gasteiger partial charge in [0.1, 0.15) is 0 Å². The SMILES string of the molecule is Cc1c(C(=O)Nc2ccc(Cl)cc2)cnc2nc(SCC#N)nn12. The van der Waals surface area contributed by atoms with E-state index in [0.29, 0.717) is 32.9 Å². The fourth-order valence-corrected chi connectivity index (χ4v) is 2.64. The number of carbonyl (C=O) groups is 1. The Morgan fingerprint density at radius 3 is 2.88 bits per heavy atom. The van der Waals surface area contributed by atoms with E-state index in [9.17, 15) is 4.79 Å². The van der Waals surface area contributed by atoms with Gasteiger partial charge in [-0.3, -0.25) is 4.79 Å². The molecule has 9 heteroatoms. The van der Waals surface area contributed by atoms with Crippen LogP contribution in [0.4, 0.5) is 5.69 Å². The first kappa shape index (κ1) is 16.2. The van der Waals surface area contributed by atoms with Crippen LogP contribution in [0.1, 0.15) is 16.1 Å². The number of nitrogens with one attached hydrogen (secondary N) is 1. The van der Waals surface area contributed by atoms with Gasteiger partial charge in [-0.05, 0) is 31.2 Å². The molecule has 0 saturated carbocycles. The molecule has 0 atom stereocenters. The summed E-state index contributed by atoms with van der Waals surface area (Å²) < 4.78 is 1.50. The second-order valence-corrected chi connectivity index (χ2v) is 6.15. The Kier molecular flexibility index (Phi) is 4.64. The molecular weight excluding hydrogens is 348 g/mol. The van der Waals surface area contributed by atoms with Gasteiger partial charge in [0.05, 0.1) is 23.1 Å². The van der Waals surface area contributed by atoms with Gasteiger partial charge in [-0.2, -0.15) is 14.8 Å². The normalized spacial score (nSPS) is 10.5. The second kappa shape index (κ2) is 6.86. The number of anilines is 1. The molecule has 0 fully saturated rings. The van der Waals surface area contributed by atoms with Gasteiger partial charge < -0.3 is 5.32 Å². The largest absolute Gasteiger partial charge is 0.322 e. The first-order valence-corrected chi connectivity index (χ1v) is 8.24. The Morgan fingerprint density at radius 2 is 2.17 bits per heavy atom. The first-order chi connectivity index (χ1) is 11.6. The topological polar surface area (TPSA) is 96.0 Å². The quantitative estimate of drug-likeness (QED) is 0.720. The Bertz CT molecular complexity index is 947. The molecule has 120 valence electrons. The third-order valence-corrected chi connectivity index (χ3v) is 4.16. The van der Waals surface area contributed by atoms with Crippen molar-refractivity contribution in [1.82, 2.24) is 19.6 Å².